The lowest BCUT2D eigenvalue weighted by Crippen LogP contribution is -2.39. The summed E-state index contributed by atoms with van der Waals surface area (Å²) in [5, 5.41) is 2.85. The van der Waals surface area contributed by atoms with Crippen LogP contribution < -0.4 is 5.32 Å². The lowest BCUT2D eigenvalue weighted by Gasteiger charge is -2.26. The lowest BCUT2D eigenvalue weighted by atomic mass is 10.1. The Morgan fingerprint density at radius 2 is 2.26 bits per heavy atom. The molecule has 0 aliphatic carbocycles. The fraction of sp³-hybridized carbons (Fsp3) is 0.706. The molecule has 3 heterocycles. The minimum Gasteiger partial charge on any atom is -0.445 e. The molecule has 1 atom stereocenters. The van der Waals surface area contributed by atoms with Gasteiger partial charge in [-0.3, -0.25) is 9.59 Å². The monoisotopic (exact) mass is 319 g/mol. The molecule has 1 fully saturated rings. The van der Waals surface area contributed by atoms with E-state index in [4.69, 9.17) is 4.42 Å². The molecule has 1 saturated heterocycles. The van der Waals surface area contributed by atoms with Crippen LogP contribution >= 0.6 is 0 Å². The van der Waals surface area contributed by atoms with Crippen molar-refractivity contribution in [2.75, 3.05) is 6.54 Å². The number of rotatable bonds is 5. The fourth-order valence-corrected chi connectivity index (χ4v) is 3.15. The lowest BCUT2D eigenvalue weighted by molar-refractivity contribution is -0.132. The zero-order valence-electron chi connectivity index (χ0n) is 13.9. The van der Waals surface area contributed by atoms with Gasteiger partial charge in [0.1, 0.15) is 11.5 Å². The third-order valence-corrected chi connectivity index (χ3v) is 4.57. The number of aromatic nitrogens is 1. The molecule has 6 nitrogen and oxygen atoms in total. The van der Waals surface area contributed by atoms with Gasteiger partial charge in [-0.1, -0.05) is 13.8 Å². The van der Waals surface area contributed by atoms with Crippen LogP contribution in [0.1, 0.15) is 56.9 Å². The molecular weight excluding hydrogens is 294 g/mol. The van der Waals surface area contributed by atoms with Gasteiger partial charge in [-0.15, -0.1) is 0 Å². The number of amides is 2. The second-order valence-electron chi connectivity index (χ2n) is 6.98. The van der Waals surface area contributed by atoms with E-state index in [1.54, 1.807) is 0 Å². The van der Waals surface area contributed by atoms with Gasteiger partial charge >= 0.3 is 0 Å². The Kier molecular flexibility index (Phi) is 4.68. The largest absolute Gasteiger partial charge is 0.445 e. The molecular formula is C17H25N3O3. The average Bonchev–Trinajstić information content (AvgIpc) is 3.09. The van der Waals surface area contributed by atoms with Crippen LogP contribution in [0.15, 0.2) is 4.42 Å². The van der Waals surface area contributed by atoms with E-state index in [0.29, 0.717) is 31.8 Å². The highest BCUT2D eigenvalue weighted by molar-refractivity contribution is 5.82. The maximum atomic E-state index is 12.4. The SMILES string of the molecule is CC(C)CCc1nc2c(o1)CCN(C(=O)C[C@H]1CCC(=O)N1)C2. The standard InChI is InChI=1S/C17H25N3O3/c1-11(2)3-6-16-19-13-10-20(8-7-14(13)23-16)17(22)9-12-4-5-15(21)18-12/h11-12H,3-10H2,1-2H3,(H,18,21)/t12-/m1/s1. The smallest absolute Gasteiger partial charge is 0.225 e. The molecule has 0 radical (unpaired) electrons. The summed E-state index contributed by atoms with van der Waals surface area (Å²) in [6, 6.07) is -0.00434. The van der Waals surface area contributed by atoms with E-state index >= 15 is 0 Å². The zero-order valence-corrected chi connectivity index (χ0v) is 13.9. The molecule has 0 unspecified atom stereocenters. The normalized spacial score (nSPS) is 20.7. The van der Waals surface area contributed by atoms with Crippen molar-refractivity contribution in [1.82, 2.24) is 15.2 Å². The van der Waals surface area contributed by atoms with Gasteiger partial charge in [-0.25, -0.2) is 4.98 Å². The molecule has 1 aromatic rings. The summed E-state index contributed by atoms with van der Waals surface area (Å²) in [5.74, 6) is 2.49. The molecule has 2 amide bonds. The van der Waals surface area contributed by atoms with Crippen LogP contribution in [-0.2, 0) is 29.0 Å². The number of hydrogen-bond donors (Lipinski definition) is 1. The number of aryl methyl sites for hydroxylation is 1. The van der Waals surface area contributed by atoms with Crippen molar-refractivity contribution in [2.45, 2.75) is 65.0 Å². The third-order valence-electron chi connectivity index (χ3n) is 4.57. The quantitative estimate of drug-likeness (QED) is 0.898. The van der Waals surface area contributed by atoms with Crippen molar-refractivity contribution >= 4 is 11.8 Å². The number of fused-ring (bicyclic) bond motifs is 1. The van der Waals surface area contributed by atoms with E-state index in [0.717, 1.165) is 43.0 Å². The highest BCUT2D eigenvalue weighted by Crippen LogP contribution is 2.22. The summed E-state index contributed by atoms with van der Waals surface area (Å²) in [4.78, 5) is 30.0. The van der Waals surface area contributed by atoms with Crippen molar-refractivity contribution in [1.29, 1.82) is 0 Å². The van der Waals surface area contributed by atoms with Crippen LogP contribution in [0.25, 0.3) is 0 Å². The van der Waals surface area contributed by atoms with Crippen LogP contribution in [0, 0.1) is 5.92 Å². The number of carbonyl (C=O) groups is 2. The van der Waals surface area contributed by atoms with Gasteiger partial charge in [-0.2, -0.15) is 0 Å². The van der Waals surface area contributed by atoms with Gasteiger partial charge in [0.2, 0.25) is 11.8 Å². The van der Waals surface area contributed by atoms with Crippen molar-refractivity contribution in [2.24, 2.45) is 5.92 Å². The summed E-state index contributed by atoms with van der Waals surface area (Å²) < 4.78 is 5.83. The van der Waals surface area contributed by atoms with E-state index in [-0.39, 0.29) is 17.9 Å². The fourth-order valence-electron chi connectivity index (χ4n) is 3.15. The van der Waals surface area contributed by atoms with Crippen LogP contribution in [0.3, 0.4) is 0 Å². The summed E-state index contributed by atoms with van der Waals surface area (Å²) in [7, 11) is 0. The first-order chi connectivity index (χ1) is 11.0. The van der Waals surface area contributed by atoms with E-state index < -0.39 is 0 Å². The summed E-state index contributed by atoms with van der Waals surface area (Å²) in [5.41, 5.74) is 0.902. The molecule has 126 valence electrons. The zero-order chi connectivity index (χ0) is 16.4. The van der Waals surface area contributed by atoms with E-state index in [9.17, 15) is 9.59 Å². The topological polar surface area (TPSA) is 75.4 Å². The first kappa shape index (κ1) is 16.0. The molecule has 1 N–H and O–H groups in total. The van der Waals surface area contributed by atoms with E-state index in [1.165, 1.54) is 0 Å². The molecule has 2 aliphatic heterocycles. The molecule has 0 bridgehead atoms. The van der Waals surface area contributed by atoms with Gasteiger partial charge in [0.05, 0.1) is 6.54 Å². The molecule has 0 aromatic carbocycles. The van der Waals surface area contributed by atoms with Crippen molar-refractivity contribution < 1.29 is 14.0 Å². The summed E-state index contributed by atoms with van der Waals surface area (Å²) in [6.45, 7) is 5.57. The molecule has 3 rings (SSSR count). The van der Waals surface area contributed by atoms with Gasteiger partial charge in [0, 0.05) is 38.3 Å². The molecule has 1 aromatic heterocycles. The third kappa shape index (κ3) is 3.92. The number of nitrogens with one attached hydrogen (secondary N) is 1. The van der Waals surface area contributed by atoms with Gasteiger partial charge in [0.15, 0.2) is 5.89 Å². The Morgan fingerprint density at radius 1 is 1.43 bits per heavy atom. The van der Waals surface area contributed by atoms with Crippen molar-refractivity contribution in [3.63, 3.8) is 0 Å². The van der Waals surface area contributed by atoms with Gasteiger partial charge in [0.25, 0.3) is 0 Å². The Balaban J connectivity index is 1.56. The minimum atomic E-state index is -0.00434. The first-order valence-electron chi connectivity index (χ1n) is 8.56. The minimum absolute atomic E-state index is 0.00434. The number of nitrogens with zero attached hydrogens (tertiary/aromatic N) is 2. The van der Waals surface area contributed by atoms with Gasteiger partial charge in [-0.05, 0) is 18.8 Å². The molecule has 0 spiro atoms. The van der Waals surface area contributed by atoms with Gasteiger partial charge < -0.3 is 14.6 Å². The average molecular weight is 319 g/mol. The first-order valence-corrected chi connectivity index (χ1v) is 8.56. The second-order valence-corrected chi connectivity index (χ2v) is 6.98. The number of hydrogen-bond acceptors (Lipinski definition) is 4. The Bertz CT molecular complexity index is 594. The predicted molar refractivity (Wildman–Crippen MR) is 84.6 cm³/mol. The van der Waals surface area contributed by atoms with Crippen LogP contribution in [0.2, 0.25) is 0 Å². The van der Waals surface area contributed by atoms with Crippen molar-refractivity contribution in [3.8, 4) is 0 Å². The van der Waals surface area contributed by atoms with Crippen LogP contribution in [0.5, 0.6) is 0 Å². The number of carbonyl (C=O) groups excluding carboxylic acids is 2. The molecule has 0 saturated carbocycles. The molecule has 2 aliphatic rings. The van der Waals surface area contributed by atoms with Crippen LogP contribution in [-0.4, -0.2) is 34.3 Å². The van der Waals surface area contributed by atoms with Crippen molar-refractivity contribution in [3.05, 3.63) is 17.3 Å². The summed E-state index contributed by atoms with van der Waals surface area (Å²) >= 11 is 0. The van der Waals surface area contributed by atoms with E-state index in [1.807, 2.05) is 4.90 Å². The molecule has 6 heteroatoms. The highest BCUT2D eigenvalue weighted by Gasteiger charge is 2.29. The number of oxazole rings is 1. The Morgan fingerprint density at radius 3 is 2.96 bits per heavy atom. The van der Waals surface area contributed by atoms with E-state index in [2.05, 4.69) is 24.1 Å². The molecule has 23 heavy (non-hydrogen) atoms. The maximum Gasteiger partial charge on any atom is 0.225 e. The maximum absolute atomic E-state index is 12.4. The Hall–Kier alpha value is -1.85. The Labute approximate surface area is 136 Å². The summed E-state index contributed by atoms with van der Waals surface area (Å²) in [6.07, 6.45) is 4.32. The highest BCUT2D eigenvalue weighted by atomic mass is 16.4. The second kappa shape index (κ2) is 6.72. The predicted octanol–water partition coefficient (Wildman–Crippen LogP) is 1.82. The van der Waals surface area contributed by atoms with Crippen LogP contribution in [0.4, 0.5) is 0 Å².